The molecular formula is C15H24N2O3S. The summed E-state index contributed by atoms with van der Waals surface area (Å²) in [6.07, 6.45) is 0. The first-order chi connectivity index (χ1) is 9.90. The molecule has 1 aliphatic heterocycles. The van der Waals surface area contributed by atoms with Gasteiger partial charge in [-0.3, -0.25) is 4.90 Å². The summed E-state index contributed by atoms with van der Waals surface area (Å²) < 4.78 is 27.2. The van der Waals surface area contributed by atoms with Crippen LogP contribution < -0.4 is 0 Å². The summed E-state index contributed by atoms with van der Waals surface area (Å²) in [6, 6.07) is 5.32. The van der Waals surface area contributed by atoms with Gasteiger partial charge < -0.3 is 5.11 Å². The summed E-state index contributed by atoms with van der Waals surface area (Å²) in [4.78, 5) is 2.59. The number of piperazine rings is 1. The molecule has 1 unspecified atom stereocenters. The van der Waals surface area contributed by atoms with E-state index in [4.69, 9.17) is 0 Å². The third kappa shape index (κ3) is 3.29. The van der Waals surface area contributed by atoms with E-state index in [0.717, 1.165) is 18.7 Å². The average molecular weight is 312 g/mol. The first-order valence-electron chi connectivity index (χ1n) is 7.34. The van der Waals surface area contributed by atoms with Crippen LogP contribution in [0.15, 0.2) is 23.1 Å². The van der Waals surface area contributed by atoms with E-state index in [1.807, 2.05) is 0 Å². The normalized spacial score (nSPS) is 21.6. The molecule has 5 nitrogen and oxygen atoms in total. The second-order valence-electron chi connectivity index (χ2n) is 5.60. The number of nitrogens with zero attached hydrogens (tertiary/aromatic N) is 2. The molecular weight excluding hydrogens is 288 g/mol. The highest BCUT2D eigenvalue weighted by Gasteiger charge is 2.32. The molecule has 6 heteroatoms. The maximum atomic E-state index is 12.8. The number of hydrogen-bond acceptors (Lipinski definition) is 4. The molecule has 1 aromatic carbocycles. The summed E-state index contributed by atoms with van der Waals surface area (Å²) in [7, 11) is -3.49. The molecule has 0 saturated carbocycles. The minimum absolute atomic E-state index is 0.150. The summed E-state index contributed by atoms with van der Waals surface area (Å²) >= 11 is 0. The lowest BCUT2D eigenvalue weighted by atomic mass is 10.2. The highest BCUT2D eigenvalue weighted by atomic mass is 32.2. The van der Waals surface area contributed by atoms with E-state index in [0.29, 0.717) is 23.5 Å². The number of rotatable bonds is 4. The predicted molar refractivity (Wildman–Crippen MR) is 82.6 cm³/mol. The smallest absolute Gasteiger partial charge is 0.243 e. The molecule has 0 radical (unpaired) electrons. The Balaban J connectivity index is 2.31. The number of aliphatic hydroxyl groups is 1. The van der Waals surface area contributed by atoms with Gasteiger partial charge in [-0.05, 0) is 37.6 Å². The molecule has 1 N–H and O–H groups in total. The number of benzene rings is 1. The summed E-state index contributed by atoms with van der Waals surface area (Å²) in [5.74, 6) is 0. The second kappa shape index (κ2) is 6.44. The Kier molecular flexibility index (Phi) is 5.03. The van der Waals surface area contributed by atoms with Gasteiger partial charge in [-0.25, -0.2) is 8.42 Å². The number of hydrogen-bond donors (Lipinski definition) is 1. The Bertz CT molecular complexity index is 601. The van der Waals surface area contributed by atoms with Crippen molar-refractivity contribution in [3.63, 3.8) is 0 Å². The van der Waals surface area contributed by atoms with E-state index < -0.39 is 10.0 Å². The van der Waals surface area contributed by atoms with Crippen molar-refractivity contribution in [1.29, 1.82) is 0 Å². The van der Waals surface area contributed by atoms with E-state index in [1.165, 1.54) is 0 Å². The number of aryl methyl sites for hydroxylation is 1. The molecule has 0 aromatic heterocycles. The molecule has 21 heavy (non-hydrogen) atoms. The van der Waals surface area contributed by atoms with Gasteiger partial charge in [0, 0.05) is 25.7 Å². The minimum atomic E-state index is -3.49. The van der Waals surface area contributed by atoms with Crippen molar-refractivity contribution < 1.29 is 13.5 Å². The van der Waals surface area contributed by atoms with Gasteiger partial charge in [-0.1, -0.05) is 19.1 Å². The molecule has 1 aliphatic rings. The second-order valence-corrected chi connectivity index (χ2v) is 7.50. The van der Waals surface area contributed by atoms with E-state index >= 15 is 0 Å². The van der Waals surface area contributed by atoms with Crippen molar-refractivity contribution >= 4 is 10.0 Å². The maximum Gasteiger partial charge on any atom is 0.243 e. The van der Waals surface area contributed by atoms with Gasteiger partial charge in [-0.15, -0.1) is 0 Å². The lowest BCUT2D eigenvalue weighted by Crippen LogP contribution is -2.53. The molecule has 0 amide bonds. The van der Waals surface area contributed by atoms with Crippen LogP contribution in [0.2, 0.25) is 0 Å². The van der Waals surface area contributed by atoms with Crippen LogP contribution in [-0.4, -0.2) is 55.0 Å². The summed E-state index contributed by atoms with van der Waals surface area (Å²) in [6.45, 7) is 8.52. The Morgan fingerprint density at radius 1 is 1.33 bits per heavy atom. The van der Waals surface area contributed by atoms with Gasteiger partial charge in [0.15, 0.2) is 0 Å². The van der Waals surface area contributed by atoms with Crippen LogP contribution in [0.1, 0.15) is 25.0 Å². The van der Waals surface area contributed by atoms with Crippen LogP contribution >= 0.6 is 0 Å². The maximum absolute atomic E-state index is 12.8. The largest absolute Gasteiger partial charge is 0.392 e. The van der Waals surface area contributed by atoms with Crippen molar-refractivity contribution in [1.82, 2.24) is 9.21 Å². The number of aliphatic hydroxyl groups excluding tert-OH is 1. The molecule has 0 aliphatic carbocycles. The fourth-order valence-electron chi connectivity index (χ4n) is 2.81. The van der Waals surface area contributed by atoms with Crippen LogP contribution in [0.25, 0.3) is 0 Å². The van der Waals surface area contributed by atoms with Gasteiger partial charge in [0.2, 0.25) is 10.0 Å². The zero-order valence-electron chi connectivity index (χ0n) is 12.9. The van der Waals surface area contributed by atoms with Crippen molar-refractivity contribution in [2.75, 3.05) is 26.2 Å². The molecule has 1 aromatic rings. The lowest BCUT2D eigenvalue weighted by Gasteiger charge is -2.38. The molecule has 1 fully saturated rings. The highest BCUT2D eigenvalue weighted by molar-refractivity contribution is 7.89. The van der Waals surface area contributed by atoms with Crippen LogP contribution in [0.3, 0.4) is 0 Å². The first-order valence-corrected chi connectivity index (χ1v) is 8.78. The van der Waals surface area contributed by atoms with E-state index in [-0.39, 0.29) is 12.6 Å². The first kappa shape index (κ1) is 16.4. The zero-order chi connectivity index (χ0) is 15.6. The standard InChI is InChI=1S/C15H24N2O3S/c1-4-16-7-8-17(10-13(16)3)21(19,20)15-9-14(11-18)6-5-12(15)2/h5-6,9,13,18H,4,7-8,10-11H2,1-3H3. The monoisotopic (exact) mass is 312 g/mol. The summed E-state index contributed by atoms with van der Waals surface area (Å²) in [5, 5.41) is 9.22. The third-order valence-corrected chi connectivity index (χ3v) is 6.19. The average Bonchev–Trinajstić information content (AvgIpc) is 2.47. The quantitative estimate of drug-likeness (QED) is 0.907. The Labute approximate surface area is 127 Å². The molecule has 118 valence electrons. The van der Waals surface area contributed by atoms with Crippen molar-refractivity contribution in [2.24, 2.45) is 0 Å². The van der Waals surface area contributed by atoms with Gasteiger partial charge in [0.05, 0.1) is 11.5 Å². The molecule has 0 spiro atoms. The summed E-state index contributed by atoms with van der Waals surface area (Å²) in [5.41, 5.74) is 1.34. The van der Waals surface area contributed by atoms with Crippen LogP contribution in [0, 0.1) is 6.92 Å². The molecule has 0 bridgehead atoms. The van der Waals surface area contributed by atoms with Gasteiger partial charge in [0.1, 0.15) is 0 Å². The van der Waals surface area contributed by atoms with Gasteiger partial charge in [0.25, 0.3) is 0 Å². The molecule has 2 rings (SSSR count). The SMILES string of the molecule is CCN1CCN(S(=O)(=O)c2cc(CO)ccc2C)CC1C. The van der Waals surface area contributed by atoms with Crippen molar-refractivity contribution in [3.05, 3.63) is 29.3 Å². The Morgan fingerprint density at radius 3 is 2.62 bits per heavy atom. The van der Waals surface area contributed by atoms with Crippen LogP contribution in [-0.2, 0) is 16.6 Å². The number of sulfonamides is 1. The molecule has 1 saturated heterocycles. The topological polar surface area (TPSA) is 60.9 Å². The lowest BCUT2D eigenvalue weighted by molar-refractivity contribution is 0.135. The fraction of sp³-hybridized carbons (Fsp3) is 0.600. The van der Waals surface area contributed by atoms with Gasteiger partial charge in [-0.2, -0.15) is 4.31 Å². The third-order valence-electron chi connectivity index (χ3n) is 4.19. The Morgan fingerprint density at radius 2 is 2.05 bits per heavy atom. The zero-order valence-corrected chi connectivity index (χ0v) is 13.7. The van der Waals surface area contributed by atoms with Crippen LogP contribution in [0.4, 0.5) is 0 Å². The van der Waals surface area contributed by atoms with E-state index in [9.17, 15) is 13.5 Å². The highest BCUT2D eigenvalue weighted by Crippen LogP contribution is 2.24. The van der Waals surface area contributed by atoms with E-state index in [1.54, 1.807) is 29.4 Å². The number of likely N-dealkylation sites (N-methyl/N-ethyl adjacent to an activating group) is 1. The Hall–Kier alpha value is -0.950. The predicted octanol–water partition coefficient (Wildman–Crippen LogP) is 1.20. The molecule has 1 heterocycles. The van der Waals surface area contributed by atoms with E-state index in [2.05, 4.69) is 18.7 Å². The fourth-order valence-corrected chi connectivity index (χ4v) is 4.60. The van der Waals surface area contributed by atoms with Crippen LogP contribution in [0.5, 0.6) is 0 Å². The minimum Gasteiger partial charge on any atom is -0.392 e. The van der Waals surface area contributed by atoms with Gasteiger partial charge >= 0.3 is 0 Å². The van der Waals surface area contributed by atoms with Crippen molar-refractivity contribution in [2.45, 2.75) is 38.3 Å². The molecule has 1 atom stereocenters. The van der Waals surface area contributed by atoms with Crippen molar-refractivity contribution in [3.8, 4) is 0 Å².